The van der Waals surface area contributed by atoms with Crippen molar-refractivity contribution < 1.29 is 28.4 Å². The number of hydrogen-bond donors (Lipinski definition) is 0. The van der Waals surface area contributed by atoms with Crippen molar-refractivity contribution in [1.82, 2.24) is 0 Å². The highest BCUT2D eigenvalue weighted by Gasteiger charge is 2.28. The molecule has 8 aromatic rings. The average molecular weight is 1940 g/mol. The van der Waals surface area contributed by atoms with Gasteiger partial charge in [0.2, 0.25) is 0 Å². The third-order valence-corrected chi connectivity index (χ3v) is 34.4. The Balaban J connectivity index is 0.596. The molecular formula is C136H206O6. The Hall–Kier alpha value is -6.92. The van der Waals surface area contributed by atoms with E-state index in [0.29, 0.717) is 0 Å². The van der Waals surface area contributed by atoms with Crippen LogP contribution in [0.2, 0.25) is 0 Å². The third-order valence-electron chi connectivity index (χ3n) is 34.4. The van der Waals surface area contributed by atoms with Gasteiger partial charge in [0, 0.05) is 11.1 Å². The first-order valence-electron chi connectivity index (χ1n) is 61.6. The number of hydrogen-bond acceptors (Lipinski definition) is 6. The first-order chi connectivity index (χ1) is 70.4. The van der Waals surface area contributed by atoms with Crippen molar-refractivity contribution in [3.8, 4) is 45.6 Å². The minimum absolute atomic E-state index is 0.718. The molecule has 0 N–H and O–H groups in total. The number of aryl methyl sites for hydroxylation is 2. The number of benzene rings is 8. The molecule has 0 unspecified atom stereocenters. The van der Waals surface area contributed by atoms with E-state index in [4.69, 9.17) is 28.4 Å². The highest BCUT2D eigenvalue weighted by molar-refractivity contribution is 6.10. The van der Waals surface area contributed by atoms with Gasteiger partial charge in [-0.15, -0.1) is 0 Å². The molecule has 6 nitrogen and oxygen atoms in total. The molecule has 0 bridgehead atoms. The molecule has 0 spiro atoms. The molecule has 786 valence electrons. The number of unbranched alkanes of at least 4 members (excludes halogenated alkanes) is 44. The minimum atomic E-state index is 0.718. The van der Waals surface area contributed by atoms with Gasteiger partial charge in [-0.2, -0.15) is 0 Å². The van der Waals surface area contributed by atoms with Crippen molar-refractivity contribution >= 4 is 21.5 Å². The Labute approximate surface area is 870 Å². The molecule has 12 rings (SSSR count). The van der Waals surface area contributed by atoms with E-state index < -0.39 is 0 Å². The molecule has 6 heteroatoms. The lowest BCUT2D eigenvalue weighted by molar-refractivity contribution is 0.299. The fourth-order valence-corrected chi connectivity index (χ4v) is 25.1. The Bertz CT molecular complexity index is 4180. The first kappa shape index (κ1) is 114. The second-order valence-electron chi connectivity index (χ2n) is 45.9. The maximum atomic E-state index is 7.17. The van der Waals surface area contributed by atoms with Crippen LogP contribution >= 0.6 is 0 Å². The van der Waals surface area contributed by atoms with Crippen LogP contribution in [0.4, 0.5) is 0 Å². The van der Waals surface area contributed by atoms with Crippen LogP contribution in [0.25, 0.3) is 32.7 Å². The number of fused-ring (bicyclic) bond motifs is 2. The fourth-order valence-electron chi connectivity index (χ4n) is 25.1. The van der Waals surface area contributed by atoms with Gasteiger partial charge < -0.3 is 28.4 Å². The zero-order chi connectivity index (χ0) is 98.2. The van der Waals surface area contributed by atoms with Crippen LogP contribution in [0.1, 0.15) is 547 Å². The summed E-state index contributed by atoms with van der Waals surface area (Å²) in [6.07, 6.45) is 97.8. The summed E-state index contributed by atoms with van der Waals surface area (Å²) in [5.41, 5.74) is 11.4. The van der Waals surface area contributed by atoms with Gasteiger partial charge >= 0.3 is 0 Å². The van der Waals surface area contributed by atoms with Crippen LogP contribution in [-0.4, -0.2) is 39.6 Å². The largest absolute Gasteiger partial charge is 0.494 e. The SMILES string of the molecule is CCCCCC1CCC(c2ccc(OCCCCCCCCCCCCOc3ccc4cc(CCCCCCCCCCCCOc5ccc(C6CCC(CCCCC)CC6)cc5)ccc4c3-c3c(OCCCCCCCCCCCCOc4ccc(C5CCC(CCCCC)CC5)cc4)ccc4cc(CCCCCCCCCCCCOc5ccc(C6CCC(CCCCC)CC6)cc5)ccc34)cc2)CC1. The number of rotatable bonds is 79. The maximum Gasteiger partial charge on any atom is 0.127 e. The van der Waals surface area contributed by atoms with Gasteiger partial charge in [0.1, 0.15) is 34.5 Å². The van der Waals surface area contributed by atoms with Gasteiger partial charge in [0.05, 0.1) is 39.6 Å². The Kier molecular flexibility index (Phi) is 56.8. The van der Waals surface area contributed by atoms with Crippen LogP contribution < -0.4 is 28.4 Å². The average Bonchev–Trinajstić information content (AvgIpc) is 0.746. The van der Waals surface area contributed by atoms with Crippen molar-refractivity contribution in [3.05, 3.63) is 191 Å². The standard InChI is InChI=1S/C136H206O6/c1-5-9-45-57-111-63-73-117(74-64-111)121-81-91-127(92-82-121)137-103-51-39-31-23-15-13-21-29-37-49-61-115-71-99-131-125(109-115)89-101-133(141-107-55-43-35-27-19-17-25-33-41-53-105-139-129-95-85-123(86-96-129)119-77-67-113(68-78-119)59-47-11-7-3)135(131)136-132-100-72-116(62-50-38-30-22-14-16-24-32-40-52-104-138-128-93-83-122(84-94-128)118-75-65-112(66-76-118)58-46-10-6-2)110-126(132)90-102-134(136)142-108-56-44-36-28-20-18-26-34-42-54-106-140-130-97-87-124(88-98-130)120-79-69-114(70-80-120)60-48-12-8-4/h71-72,81-102,109-114,117-120H,5-70,73-80,103-108H2,1-4H3. The van der Waals surface area contributed by atoms with E-state index in [2.05, 4.69) is 185 Å². The molecule has 0 atom stereocenters. The Morgan fingerprint density at radius 1 is 0.183 bits per heavy atom. The minimum Gasteiger partial charge on any atom is -0.494 e. The molecule has 0 radical (unpaired) electrons. The van der Waals surface area contributed by atoms with Crippen LogP contribution in [-0.2, 0) is 12.8 Å². The molecular weight excluding hydrogens is 1730 g/mol. The van der Waals surface area contributed by atoms with Crippen molar-refractivity contribution in [2.45, 2.75) is 527 Å². The molecule has 142 heavy (non-hydrogen) atoms. The van der Waals surface area contributed by atoms with Gasteiger partial charge in [-0.3, -0.25) is 0 Å². The van der Waals surface area contributed by atoms with Gasteiger partial charge in [-0.25, -0.2) is 0 Å². The molecule has 0 amide bonds. The van der Waals surface area contributed by atoms with Gasteiger partial charge in [-0.1, -0.05) is 433 Å². The summed E-state index contributed by atoms with van der Waals surface area (Å²) in [7, 11) is 0. The second-order valence-corrected chi connectivity index (χ2v) is 45.9. The van der Waals surface area contributed by atoms with Crippen molar-refractivity contribution in [2.24, 2.45) is 23.7 Å². The molecule has 0 heterocycles. The fraction of sp³-hybridized carbons (Fsp3) is 0.676. The van der Waals surface area contributed by atoms with E-state index in [9.17, 15) is 0 Å². The van der Waals surface area contributed by atoms with Crippen molar-refractivity contribution in [3.63, 3.8) is 0 Å². The Morgan fingerprint density at radius 3 is 0.606 bits per heavy atom. The van der Waals surface area contributed by atoms with E-state index in [-0.39, 0.29) is 0 Å². The molecule has 0 aromatic heterocycles. The smallest absolute Gasteiger partial charge is 0.127 e. The zero-order valence-corrected chi connectivity index (χ0v) is 91.6. The summed E-state index contributed by atoms with van der Waals surface area (Å²) in [5, 5.41) is 5.15. The van der Waals surface area contributed by atoms with E-state index in [1.165, 1.54) is 490 Å². The predicted octanol–water partition coefficient (Wildman–Crippen LogP) is 42.8. The van der Waals surface area contributed by atoms with Crippen LogP contribution in [0.15, 0.2) is 158 Å². The molecule has 0 aliphatic heterocycles. The van der Waals surface area contributed by atoms with E-state index in [1.807, 2.05) is 0 Å². The maximum absolute atomic E-state index is 7.17. The zero-order valence-electron chi connectivity index (χ0n) is 91.6. The number of ether oxygens (including phenoxy) is 6. The van der Waals surface area contributed by atoms with Crippen LogP contribution in [0, 0.1) is 23.7 Å². The molecule has 4 aliphatic carbocycles. The summed E-state index contributed by atoms with van der Waals surface area (Å²) < 4.78 is 39.4. The van der Waals surface area contributed by atoms with Gasteiger partial charge in [-0.05, 0) is 330 Å². The molecule has 4 fully saturated rings. The van der Waals surface area contributed by atoms with Crippen molar-refractivity contribution in [2.75, 3.05) is 39.6 Å². The normalized spacial score (nSPS) is 18.4. The molecule has 4 aliphatic rings. The lowest BCUT2D eigenvalue weighted by Gasteiger charge is -2.29. The van der Waals surface area contributed by atoms with Crippen LogP contribution in [0.5, 0.6) is 34.5 Å². The summed E-state index contributed by atoms with van der Waals surface area (Å²) in [5.74, 6) is 13.0. The monoisotopic (exact) mass is 1940 g/mol. The predicted molar refractivity (Wildman–Crippen MR) is 613 cm³/mol. The highest BCUT2D eigenvalue weighted by Crippen LogP contribution is 2.49. The highest BCUT2D eigenvalue weighted by atomic mass is 16.5. The summed E-state index contributed by atoms with van der Waals surface area (Å²) in [6.45, 7) is 14.0. The summed E-state index contributed by atoms with van der Waals surface area (Å²) in [6, 6.07) is 61.0. The van der Waals surface area contributed by atoms with E-state index >= 15 is 0 Å². The van der Waals surface area contributed by atoms with Gasteiger partial charge in [0.25, 0.3) is 0 Å². The molecule has 0 saturated heterocycles. The van der Waals surface area contributed by atoms with Gasteiger partial charge in [0.15, 0.2) is 0 Å². The third kappa shape index (κ3) is 43.5. The van der Waals surface area contributed by atoms with Crippen molar-refractivity contribution in [1.29, 1.82) is 0 Å². The van der Waals surface area contributed by atoms with E-state index in [0.717, 1.165) is 173 Å². The lowest BCUT2D eigenvalue weighted by Crippen LogP contribution is -2.13. The van der Waals surface area contributed by atoms with Crippen LogP contribution in [0.3, 0.4) is 0 Å². The first-order valence-corrected chi connectivity index (χ1v) is 61.6. The summed E-state index contributed by atoms with van der Waals surface area (Å²) >= 11 is 0. The quantitative estimate of drug-likeness (QED) is 0.0354. The van der Waals surface area contributed by atoms with E-state index in [1.54, 1.807) is 0 Å². The molecule has 4 saturated carbocycles. The second kappa shape index (κ2) is 70.8. The molecule has 8 aromatic carbocycles. The Morgan fingerprint density at radius 2 is 0.387 bits per heavy atom. The topological polar surface area (TPSA) is 55.4 Å². The lowest BCUT2D eigenvalue weighted by atomic mass is 9.77. The summed E-state index contributed by atoms with van der Waals surface area (Å²) in [4.78, 5) is 0.